The Hall–Kier alpha value is -4.05. The molecule has 4 saturated carbocycles. The first-order chi connectivity index (χ1) is 22.1. The zero-order valence-electron chi connectivity index (χ0n) is 27.8. The molecule has 0 spiro atoms. The summed E-state index contributed by atoms with van der Waals surface area (Å²) in [5.41, 5.74) is 3.06. The van der Waals surface area contributed by atoms with Crippen molar-refractivity contribution >= 4 is 17.6 Å². The lowest BCUT2D eigenvalue weighted by Crippen LogP contribution is -2.62. The molecule has 3 aromatic rings. The quantitative estimate of drug-likeness (QED) is 0.207. The molecule has 10 nitrogen and oxygen atoms in total. The highest BCUT2D eigenvalue weighted by Crippen LogP contribution is 2.62. The molecule has 2 aromatic carbocycles. The number of carboxylic acids is 1. The summed E-state index contributed by atoms with van der Waals surface area (Å²) in [6.07, 6.45) is 4.65. The van der Waals surface area contributed by atoms with Crippen LogP contribution in [0.2, 0.25) is 0 Å². The lowest BCUT2D eigenvalue weighted by Gasteiger charge is -2.41. The predicted molar refractivity (Wildman–Crippen MR) is 178 cm³/mol. The number of amides is 1. The number of methoxy groups -OCH3 is 2. The number of carbonyl (C=O) groups excluding carboxylic acids is 1. The van der Waals surface area contributed by atoms with Gasteiger partial charge < -0.3 is 30.1 Å². The van der Waals surface area contributed by atoms with E-state index in [-0.39, 0.29) is 23.4 Å². The maximum atomic E-state index is 14.1. The van der Waals surface area contributed by atoms with E-state index >= 15 is 0 Å². The molecule has 4 bridgehead atoms. The number of nitrogens with zero attached hydrogens (tertiary/aromatic N) is 3. The largest absolute Gasteiger partial charge is 0.496 e. The summed E-state index contributed by atoms with van der Waals surface area (Å²) < 4.78 is 13.3. The zero-order chi connectivity index (χ0) is 32.7. The van der Waals surface area contributed by atoms with Gasteiger partial charge in [-0.15, -0.1) is 0 Å². The number of benzene rings is 2. The molecular weight excluding hydrogens is 582 g/mol. The summed E-state index contributed by atoms with van der Waals surface area (Å²) in [5.74, 6) is 0.716. The maximum Gasteiger partial charge on any atom is 0.330 e. The molecule has 4 aliphatic carbocycles. The second kappa shape index (κ2) is 12.6. The van der Waals surface area contributed by atoms with Crippen molar-refractivity contribution in [2.75, 3.05) is 46.7 Å². The minimum atomic E-state index is -1.26. The monoisotopic (exact) mass is 629 g/mol. The molecule has 1 aromatic heterocycles. The molecular formula is C36H47N5O5. The molecule has 7 rings (SSSR count). The first-order valence-electron chi connectivity index (χ1n) is 16.5. The Morgan fingerprint density at radius 2 is 1.80 bits per heavy atom. The summed E-state index contributed by atoms with van der Waals surface area (Å²) >= 11 is 0. The molecule has 10 heteroatoms. The van der Waals surface area contributed by atoms with Crippen LogP contribution >= 0.6 is 0 Å². The van der Waals surface area contributed by atoms with Crippen LogP contribution in [0, 0.1) is 23.7 Å². The fraction of sp³-hybridized carbons (Fsp3) is 0.528. The van der Waals surface area contributed by atoms with Gasteiger partial charge >= 0.3 is 5.97 Å². The van der Waals surface area contributed by atoms with Gasteiger partial charge in [-0.25, -0.2) is 9.48 Å². The second-order valence-corrected chi connectivity index (χ2v) is 13.9. The number of anilines is 1. The predicted octanol–water partition coefficient (Wildman–Crippen LogP) is 5.66. The van der Waals surface area contributed by atoms with E-state index in [1.54, 1.807) is 25.0 Å². The van der Waals surface area contributed by atoms with Gasteiger partial charge in [0.05, 0.1) is 31.2 Å². The van der Waals surface area contributed by atoms with Crippen molar-refractivity contribution in [2.24, 2.45) is 23.7 Å². The van der Waals surface area contributed by atoms with Gasteiger partial charge in [-0.2, -0.15) is 5.10 Å². The molecule has 246 valence electrons. The molecule has 5 unspecified atom stereocenters. The fourth-order valence-electron chi connectivity index (χ4n) is 8.53. The number of aromatic nitrogens is 2. The highest BCUT2D eigenvalue weighted by atomic mass is 16.5. The molecule has 46 heavy (non-hydrogen) atoms. The average molecular weight is 630 g/mol. The molecule has 0 radical (unpaired) electrons. The SMILES string of the molecule is COc1cccc(OC)c1-c1cc(C(=O)NC2(C(=O)O)C3CC4CC(C3)C2C4)nn1-c1ccc(NCCCN(C)C)cc1C(C)C. The zero-order valence-corrected chi connectivity index (χ0v) is 27.8. The first-order valence-corrected chi connectivity index (χ1v) is 16.5. The van der Waals surface area contributed by atoms with Gasteiger partial charge in [-0.05, 0) is 124 Å². The standard InChI is InChI=1S/C36H47N5O5/c1-21(2)26-19-25(37-13-8-14-40(3)4)11-12-29(26)41-30(33-31(45-5)9-7-10-32(33)46-6)20-28(39-41)34(42)38-36(35(43)44)24-16-22-15-23(18-24)27(36)17-22/h7,9-12,19-24,27,37H,8,13-18H2,1-6H3,(H,38,42)(H,43,44). The molecule has 1 heterocycles. The van der Waals surface area contributed by atoms with Crippen molar-refractivity contribution in [1.82, 2.24) is 20.0 Å². The summed E-state index contributed by atoms with van der Waals surface area (Å²) in [6, 6.07) is 13.5. The number of ether oxygens (including phenoxy) is 2. The topological polar surface area (TPSA) is 118 Å². The Bertz CT molecular complexity index is 1590. The third-order valence-electron chi connectivity index (χ3n) is 10.5. The van der Waals surface area contributed by atoms with Crippen molar-refractivity contribution in [3.63, 3.8) is 0 Å². The maximum absolute atomic E-state index is 14.1. The number of rotatable bonds is 13. The smallest absolute Gasteiger partial charge is 0.330 e. The third kappa shape index (κ3) is 5.50. The highest BCUT2D eigenvalue weighted by Gasteiger charge is 2.67. The van der Waals surface area contributed by atoms with Crippen LogP contribution in [-0.4, -0.2) is 78.6 Å². The van der Waals surface area contributed by atoms with Crippen molar-refractivity contribution in [2.45, 2.75) is 57.4 Å². The number of carboxylic acid groups (broad SMARTS) is 1. The van der Waals surface area contributed by atoms with Crippen molar-refractivity contribution < 1.29 is 24.2 Å². The minimum Gasteiger partial charge on any atom is -0.496 e. The lowest BCUT2D eigenvalue weighted by molar-refractivity contribution is -0.149. The summed E-state index contributed by atoms with van der Waals surface area (Å²) in [7, 11) is 7.34. The van der Waals surface area contributed by atoms with Gasteiger partial charge in [0.25, 0.3) is 5.91 Å². The highest BCUT2D eigenvalue weighted by molar-refractivity contribution is 5.98. The molecule has 4 fully saturated rings. The van der Waals surface area contributed by atoms with Crippen LogP contribution in [0.25, 0.3) is 16.9 Å². The average Bonchev–Trinajstić information content (AvgIpc) is 3.66. The van der Waals surface area contributed by atoms with Crippen LogP contribution in [-0.2, 0) is 4.79 Å². The van der Waals surface area contributed by atoms with E-state index in [2.05, 4.69) is 49.5 Å². The van der Waals surface area contributed by atoms with Crippen LogP contribution < -0.4 is 20.1 Å². The summed E-state index contributed by atoms with van der Waals surface area (Å²) in [5, 5.41) is 22.1. The van der Waals surface area contributed by atoms with E-state index in [0.717, 1.165) is 62.1 Å². The second-order valence-electron chi connectivity index (χ2n) is 13.9. The van der Waals surface area contributed by atoms with Gasteiger partial charge in [0.2, 0.25) is 0 Å². The summed E-state index contributed by atoms with van der Waals surface area (Å²) in [4.78, 5) is 29.3. The Kier molecular flexibility index (Phi) is 8.76. The molecule has 4 aliphatic rings. The molecule has 0 aliphatic heterocycles. The van der Waals surface area contributed by atoms with Crippen molar-refractivity contribution in [3.8, 4) is 28.4 Å². The van der Waals surface area contributed by atoms with E-state index in [1.165, 1.54) is 0 Å². The number of nitrogens with one attached hydrogen (secondary N) is 2. The van der Waals surface area contributed by atoms with Crippen molar-refractivity contribution in [3.05, 3.63) is 53.7 Å². The third-order valence-corrected chi connectivity index (χ3v) is 10.5. The Balaban J connectivity index is 1.43. The van der Waals surface area contributed by atoms with Gasteiger partial charge in [-0.1, -0.05) is 19.9 Å². The normalized spacial score (nSPS) is 24.5. The van der Waals surface area contributed by atoms with Gasteiger partial charge in [0.1, 0.15) is 17.0 Å². The number of aliphatic carboxylic acids is 1. The van der Waals surface area contributed by atoms with Crippen LogP contribution in [0.4, 0.5) is 5.69 Å². The molecule has 1 amide bonds. The molecule has 0 saturated heterocycles. The Labute approximate surface area is 271 Å². The van der Waals surface area contributed by atoms with E-state index in [9.17, 15) is 14.7 Å². The molecule has 3 N–H and O–H groups in total. The van der Waals surface area contributed by atoms with Crippen LogP contribution in [0.1, 0.15) is 67.9 Å². The summed E-state index contributed by atoms with van der Waals surface area (Å²) in [6.45, 7) is 6.11. The van der Waals surface area contributed by atoms with Gasteiger partial charge in [0.15, 0.2) is 5.69 Å². The Morgan fingerprint density at radius 1 is 1.07 bits per heavy atom. The molecule has 5 atom stereocenters. The Morgan fingerprint density at radius 3 is 2.43 bits per heavy atom. The first kappa shape index (κ1) is 31.9. The van der Waals surface area contributed by atoms with E-state index in [0.29, 0.717) is 34.6 Å². The van der Waals surface area contributed by atoms with E-state index in [4.69, 9.17) is 14.6 Å². The van der Waals surface area contributed by atoms with E-state index in [1.807, 2.05) is 30.3 Å². The van der Waals surface area contributed by atoms with Gasteiger partial charge in [-0.3, -0.25) is 4.79 Å². The minimum absolute atomic E-state index is 0.0427. The van der Waals surface area contributed by atoms with E-state index < -0.39 is 17.4 Å². The lowest BCUT2D eigenvalue weighted by atomic mass is 9.70. The van der Waals surface area contributed by atoms with Gasteiger partial charge in [0, 0.05) is 12.2 Å². The fourth-order valence-corrected chi connectivity index (χ4v) is 8.53. The number of carbonyl (C=O) groups is 2. The van der Waals surface area contributed by atoms with Crippen LogP contribution in [0.5, 0.6) is 11.5 Å². The van der Waals surface area contributed by atoms with Crippen molar-refractivity contribution in [1.29, 1.82) is 0 Å². The van der Waals surface area contributed by atoms with Crippen LogP contribution in [0.3, 0.4) is 0 Å². The van der Waals surface area contributed by atoms with Crippen LogP contribution in [0.15, 0.2) is 42.5 Å². The number of hydrogen-bond donors (Lipinski definition) is 3. The number of hydrogen-bond acceptors (Lipinski definition) is 7.